The molecule has 0 aliphatic rings. The zero-order chi connectivity index (χ0) is 27.7. The minimum Gasteiger partial charge on any atom is -0.322 e. The lowest BCUT2D eigenvalue weighted by atomic mass is 10.1. The molecule has 1 atom stereocenters. The van der Waals surface area contributed by atoms with Crippen molar-refractivity contribution >= 4 is 23.2 Å². The van der Waals surface area contributed by atoms with E-state index < -0.39 is 47.7 Å². The Balaban J connectivity index is 2.25. The minimum atomic E-state index is -7.30. The molecule has 0 spiro atoms. The second kappa shape index (κ2) is 9.55. The smallest absolute Gasteiger partial charge is 0.322 e. The van der Waals surface area contributed by atoms with Gasteiger partial charge in [0.2, 0.25) is 0 Å². The molecule has 2 aromatic carbocycles. The van der Waals surface area contributed by atoms with E-state index in [9.17, 15) is 57.9 Å². The summed E-state index contributed by atoms with van der Waals surface area (Å²) >= 11 is 0. The highest BCUT2D eigenvalue weighted by molar-refractivity contribution is 6.05. The number of halogens is 11. The number of ether oxygens (including phenoxy) is 1. The predicted molar refractivity (Wildman–Crippen MR) is 101 cm³/mol. The molecule has 198 valence electrons. The van der Waals surface area contributed by atoms with Gasteiger partial charge in [0.1, 0.15) is 0 Å². The third kappa shape index (κ3) is 5.68. The molecular formula is C20H13F11N2O3. The third-order valence-electron chi connectivity index (χ3n) is 4.45. The number of hydrogen-bond acceptors (Lipinski definition) is 3. The van der Waals surface area contributed by atoms with Crippen molar-refractivity contribution in [1.29, 1.82) is 0 Å². The number of carbonyl (C=O) groups is 2. The van der Waals surface area contributed by atoms with Crippen LogP contribution < -0.4 is 10.6 Å². The fourth-order valence-electron chi connectivity index (χ4n) is 2.46. The molecule has 0 bridgehead atoms. The molecule has 16 heteroatoms. The van der Waals surface area contributed by atoms with Crippen LogP contribution in [0.3, 0.4) is 0 Å². The van der Waals surface area contributed by atoms with Crippen LogP contribution in [0.15, 0.2) is 48.5 Å². The summed E-state index contributed by atoms with van der Waals surface area (Å²) in [5.74, 6) is -17.6. The summed E-state index contributed by atoms with van der Waals surface area (Å²) < 4.78 is 144. The number of hydrogen-bond donors (Lipinski definition) is 2. The van der Waals surface area contributed by atoms with Gasteiger partial charge in [-0.05, 0) is 42.8 Å². The molecule has 2 rings (SSSR count). The fourth-order valence-corrected chi connectivity index (χ4v) is 2.46. The first kappa shape index (κ1) is 28.8. The van der Waals surface area contributed by atoms with Crippen molar-refractivity contribution in [2.24, 2.45) is 0 Å². The molecule has 2 N–H and O–H groups in total. The second-order valence-corrected chi connectivity index (χ2v) is 7.08. The summed E-state index contributed by atoms with van der Waals surface area (Å²) in [5, 5.41) is 3.56. The van der Waals surface area contributed by atoms with Crippen molar-refractivity contribution in [3.05, 3.63) is 59.7 Å². The summed E-state index contributed by atoms with van der Waals surface area (Å²) in [6.45, 7) is 1.66. The van der Waals surface area contributed by atoms with Crippen molar-refractivity contribution in [1.82, 2.24) is 0 Å². The van der Waals surface area contributed by atoms with Gasteiger partial charge in [-0.2, -0.15) is 48.3 Å². The molecule has 0 aliphatic heterocycles. The number of nitrogens with one attached hydrogen (secondary N) is 2. The van der Waals surface area contributed by atoms with E-state index in [1.165, 1.54) is 6.07 Å². The van der Waals surface area contributed by atoms with Crippen LogP contribution in [0.5, 0.6) is 0 Å². The van der Waals surface area contributed by atoms with Gasteiger partial charge in [-0.15, -0.1) is 0 Å². The molecule has 0 aromatic heterocycles. The zero-order valence-electron chi connectivity index (χ0n) is 17.5. The first-order valence-corrected chi connectivity index (χ1v) is 9.29. The Kier molecular flexibility index (Phi) is 7.64. The molecule has 0 saturated carbocycles. The lowest BCUT2D eigenvalue weighted by molar-refractivity contribution is -0.472. The van der Waals surface area contributed by atoms with Gasteiger partial charge in [-0.25, -0.2) is 0 Å². The number of alkyl halides is 11. The number of rotatable bonds is 7. The SMILES string of the molecule is Cc1ccccc1NC(=O)c1ccc(NC(=O)[C@@](F)(OC(F)(F)C(F)(F)C(F)(F)F)C(F)(F)F)cc1. The van der Waals surface area contributed by atoms with Crippen molar-refractivity contribution < 1.29 is 62.6 Å². The van der Waals surface area contributed by atoms with E-state index in [1.54, 1.807) is 25.1 Å². The fraction of sp³-hybridized carbons (Fsp3) is 0.300. The van der Waals surface area contributed by atoms with E-state index in [4.69, 9.17) is 0 Å². The Hall–Kier alpha value is -3.43. The van der Waals surface area contributed by atoms with Crippen LogP contribution in [0.1, 0.15) is 15.9 Å². The summed E-state index contributed by atoms with van der Waals surface area (Å²) in [6, 6.07) is 9.66. The van der Waals surface area contributed by atoms with E-state index in [0.717, 1.165) is 17.4 Å². The summed E-state index contributed by atoms with van der Waals surface area (Å²) in [6.07, 6.45) is -21.1. The highest BCUT2D eigenvalue weighted by atomic mass is 19.4. The zero-order valence-corrected chi connectivity index (χ0v) is 17.5. The average Bonchev–Trinajstić information content (AvgIpc) is 2.73. The van der Waals surface area contributed by atoms with Gasteiger partial charge in [0.05, 0.1) is 0 Å². The molecule has 36 heavy (non-hydrogen) atoms. The Morgan fingerprint density at radius 3 is 1.72 bits per heavy atom. The van der Waals surface area contributed by atoms with Crippen molar-refractivity contribution in [3.8, 4) is 0 Å². The quantitative estimate of drug-likeness (QED) is 0.412. The van der Waals surface area contributed by atoms with Gasteiger partial charge in [-0.1, -0.05) is 18.2 Å². The van der Waals surface area contributed by atoms with Gasteiger partial charge < -0.3 is 10.6 Å². The molecule has 0 fully saturated rings. The van der Waals surface area contributed by atoms with Crippen molar-refractivity contribution in [2.45, 2.75) is 37.2 Å². The maximum Gasteiger partial charge on any atom is 0.462 e. The number of anilines is 2. The van der Waals surface area contributed by atoms with E-state index in [0.29, 0.717) is 23.4 Å². The average molecular weight is 538 g/mol. The third-order valence-corrected chi connectivity index (χ3v) is 4.45. The Labute approximate surface area is 194 Å². The maximum atomic E-state index is 14.3. The van der Waals surface area contributed by atoms with Gasteiger partial charge in [-0.3, -0.25) is 14.3 Å². The van der Waals surface area contributed by atoms with Crippen LogP contribution in [0.2, 0.25) is 0 Å². The first-order chi connectivity index (χ1) is 16.2. The summed E-state index contributed by atoms with van der Waals surface area (Å²) in [5.41, 5.74) is 0.120. The van der Waals surface area contributed by atoms with Crippen LogP contribution in [0.4, 0.5) is 59.7 Å². The van der Waals surface area contributed by atoms with Crippen molar-refractivity contribution in [2.75, 3.05) is 10.6 Å². The highest BCUT2D eigenvalue weighted by Gasteiger charge is 2.79. The van der Waals surface area contributed by atoms with Gasteiger partial charge in [0.15, 0.2) is 0 Å². The van der Waals surface area contributed by atoms with E-state index in [1.807, 2.05) is 0 Å². The van der Waals surface area contributed by atoms with E-state index in [-0.39, 0.29) is 5.56 Å². The number of para-hydroxylation sites is 1. The number of amides is 2. The van der Waals surface area contributed by atoms with Gasteiger partial charge >= 0.3 is 30.2 Å². The summed E-state index contributed by atoms with van der Waals surface area (Å²) in [7, 11) is 0. The topological polar surface area (TPSA) is 67.4 Å². The molecule has 0 aliphatic carbocycles. The number of benzene rings is 2. The number of aryl methyl sites for hydroxylation is 1. The first-order valence-electron chi connectivity index (χ1n) is 9.29. The van der Waals surface area contributed by atoms with Crippen LogP contribution in [0.25, 0.3) is 0 Å². The lowest BCUT2D eigenvalue weighted by Crippen LogP contribution is -2.62. The monoisotopic (exact) mass is 538 g/mol. The van der Waals surface area contributed by atoms with Gasteiger partial charge in [0, 0.05) is 16.9 Å². The van der Waals surface area contributed by atoms with E-state index in [2.05, 4.69) is 10.1 Å². The van der Waals surface area contributed by atoms with Crippen LogP contribution in [-0.2, 0) is 9.53 Å². The lowest BCUT2D eigenvalue weighted by Gasteiger charge is -2.34. The molecular weight excluding hydrogens is 525 g/mol. The highest BCUT2D eigenvalue weighted by Crippen LogP contribution is 2.51. The Morgan fingerprint density at radius 1 is 0.722 bits per heavy atom. The number of carbonyl (C=O) groups excluding carboxylic acids is 2. The second-order valence-electron chi connectivity index (χ2n) is 7.08. The Bertz CT molecular complexity index is 1120. The standard InChI is InChI=1S/C20H13F11N2O3/c1-10-4-2-3-5-13(10)33-14(34)11-6-8-12(9-7-11)32-15(35)16(21,18(24,25)26)36-20(30,31)17(22,23)19(27,28)29/h2-9H,1H3,(H,32,35)(H,33,34)/t16-/m1/s1. The predicted octanol–water partition coefficient (Wildman–Crippen LogP) is 6.22. The normalized spacial score (nSPS) is 14.7. The maximum absolute atomic E-state index is 14.3. The van der Waals surface area contributed by atoms with Crippen LogP contribution >= 0.6 is 0 Å². The molecule has 0 radical (unpaired) electrons. The molecule has 0 saturated heterocycles. The van der Waals surface area contributed by atoms with E-state index >= 15 is 0 Å². The summed E-state index contributed by atoms with van der Waals surface area (Å²) in [4.78, 5) is 24.0. The molecule has 0 unspecified atom stereocenters. The van der Waals surface area contributed by atoms with Crippen molar-refractivity contribution in [3.63, 3.8) is 0 Å². The van der Waals surface area contributed by atoms with Crippen LogP contribution in [-0.4, -0.2) is 42.1 Å². The largest absolute Gasteiger partial charge is 0.462 e. The Morgan fingerprint density at radius 2 is 1.25 bits per heavy atom. The molecule has 5 nitrogen and oxygen atoms in total. The molecule has 2 amide bonds. The van der Waals surface area contributed by atoms with Gasteiger partial charge in [0.25, 0.3) is 11.8 Å². The molecule has 0 heterocycles. The minimum absolute atomic E-state index is 0.147. The molecule has 2 aromatic rings. The van der Waals surface area contributed by atoms with Crippen LogP contribution in [0, 0.1) is 6.92 Å².